The van der Waals surface area contributed by atoms with Crippen LogP contribution < -0.4 is 21.1 Å². The number of piperazine rings is 1. The summed E-state index contributed by atoms with van der Waals surface area (Å²) in [6.07, 6.45) is 5.55. The number of hydrogen-bond acceptors (Lipinski definition) is 8. The Kier molecular flexibility index (Phi) is 6.44. The number of anilines is 3. The Labute approximate surface area is 198 Å². The molecule has 1 aliphatic heterocycles. The second-order valence-corrected chi connectivity index (χ2v) is 8.77. The molecule has 0 unspecified atom stereocenters. The Bertz CT molecular complexity index is 1230. The molecular weight excluding hydrogens is 432 g/mol. The topological polar surface area (TPSA) is 101 Å². The van der Waals surface area contributed by atoms with Gasteiger partial charge in [0.25, 0.3) is 5.56 Å². The largest absolute Gasteiger partial charge is 0.462 e. The molecule has 0 radical (unpaired) electrons. The van der Waals surface area contributed by atoms with Crippen molar-refractivity contribution < 1.29 is 9.53 Å². The molecule has 34 heavy (non-hydrogen) atoms. The zero-order valence-electron chi connectivity index (χ0n) is 19.4. The fraction of sp³-hybridized carbons (Fsp3) is 0.440. The lowest BCUT2D eigenvalue weighted by atomic mass is 10.1. The number of carbonyl (C=O) groups is 1. The van der Waals surface area contributed by atoms with E-state index in [1.165, 1.54) is 5.69 Å². The molecule has 1 saturated heterocycles. The molecule has 0 spiro atoms. The van der Waals surface area contributed by atoms with Crippen molar-refractivity contribution in [2.24, 2.45) is 0 Å². The van der Waals surface area contributed by atoms with Gasteiger partial charge in [-0.05, 0) is 50.1 Å². The summed E-state index contributed by atoms with van der Waals surface area (Å²) >= 11 is 0. The predicted molar refractivity (Wildman–Crippen MR) is 132 cm³/mol. The van der Waals surface area contributed by atoms with Crippen LogP contribution >= 0.6 is 0 Å². The van der Waals surface area contributed by atoms with Crippen molar-refractivity contribution in [3.05, 3.63) is 52.4 Å². The summed E-state index contributed by atoms with van der Waals surface area (Å²) in [6.45, 7) is 5.91. The lowest BCUT2D eigenvalue weighted by Gasteiger charge is -2.29. The maximum Gasteiger partial charge on any atom is 0.343 e. The summed E-state index contributed by atoms with van der Waals surface area (Å²) < 4.78 is 6.79. The fourth-order valence-corrected chi connectivity index (χ4v) is 4.84. The molecule has 9 nitrogen and oxygen atoms in total. The van der Waals surface area contributed by atoms with E-state index in [1.807, 2.05) is 12.1 Å². The molecule has 2 aromatic heterocycles. The number of nitrogens with zero attached hydrogens (tertiary/aromatic N) is 4. The molecule has 9 heteroatoms. The number of benzene rings is 1. The number of esters is 1. The standard InChI is InChI=1S/C25H30N6O3/c1-2-34-24(33)21-15-17-16-27-25(29-22(17)31(23(21)32)20-5-3-4-6-20)28-18-7-9-19(10-8-18)30-13-11-26-12-14-30/h7-10,15-16,20,26H,2-6,11-14H2,1H3,(H,27,28,29). The van der Waals surface area contributed by atoms with Gasteiger partial charge in [0.2, 0.25) is 5.95 Å². The highest BCUT2D eigenvalue weighted by Gasteiger charge is 2.25. The van der Waals surface area contributed by atoms with Crippen molar-refractivity contribution >= 4 is 34.3 Å². The third-order valence-corrected chi connectivity index (χ3v) is 6.56. The molecule has 0 amide bonds. The van der Waals surface area contributed by atoms with Crippen LogP contribution in [-0.2, 0) is 4.74 Å². The SMILES string of the molecule is CCOC(=O)c1cc2cnc(Nc3ccc(N4CCNCC4)cc3)nc2n(C2CCCC2)c1=O. The summed E-state index contributed by atoms with van der Waals surface area (Å²) in [5, 5.41) is 7.28. The zero-order valence-corrected chi connectivity index (χ0v) is 19.4. The lowest BCUT2D eigenvalue weighted by Crippen LogP contribution is -2.43. The number of carbonyl (C=O) groups excluding carboxylic acids is 1. The van der Waals surface area contributed by atoms with Crippen LogP contribution in [0.4, 0.5) is 17.3 Å². The first-order valence-electron chi connectivity index (χ1n) is 12.1. The third kappa shape index (κ3) is 4.48. The van der Waals surface area contributed by atoms with Crippen LogP contribution in [0.15, 0.2) is 41.3 Å². The highest BCUT2D eigenvalue weighted by Crippen LogP contribution is 2.31. The Morgan fingerprint density at radius 2 is 1.91 bits per heavy atom. The molecule has 2 aliphatic rings. The molecule has 2 fully saturated rings. The van der Waals surface area contributed by atoms with Gasteiger partial charge in [-0.3, -0.25) is 9.36 Å². The molecule has 0 bridgehead atoms. The van der Waals surface area contributed by atoms with E-state index in [2.05, 4.69) is 32.7 Å². The number of fused-ring (bicyclic) bond motifs is 1. The first-order chi connectivity index (χ1) is 16.6. The maximum absolute atomic E-state index is 13.3. The maximum atomic E-state index is 13.3. The second kappa shape index (κ2) is 9.80. The van der Waals surface area contributed by atoms with Gasteiger partial charge in [0.15, 0.2) is 0 Å². The van der Waals surface area contributed by atoms with Gasteiger partial charge in [0.05, 0.1) is 6.61 Å². The Balaban J connectivity index is 1.47. The van der Waals surface area contributed by atoms with Crippen molar-refractivity contribution in [1.82, 2.24) is 19.9 Å². The number of pyridine rings is 1. The van der Waals surface area contributed by atoms with Crippen molar-refractivity contribution in [3.8, 4) is 0 Å². The minimum Gasteiger partial charge on any atom is -0.462 e. The number of ether oxygens (including phenoxy) is 1. The Morgan fingerprint density at radius 1 is 1.18 bits per heavy atom. The van der Waals surface area contributed by atoms with Gasteiger partial charge in [-0.2, -0.15) is 4.98 Å². The van der Waals surface area contributed by atoms with Crippen LogP contribution in [0.25, 0.3) is 11.0 Å². The first-order valence-corrected chi connectivity index (χ1v) is 12.1. The van der Waals surface area contributed by atoms with E-state index >= 15 is 0 Å². The monoisotopic (exact) mass is 462 g/mol. The molecule has 3 heterocycles. The summed E-state index contributed by atoms with van der Waals surface area (Å²) in [6, 6.07) is 9.78. The predicted octanol–water partition coefficient (Wildman–Crippen LogP) is 3.24. The molecule has 1 aromatic carbocycles. The van der Waals surface area contributed by atoms with Crippen LogP contribution in [-0.4, -0.2) is 53.3 Å². The van der Waals surface area contributed by atoms with Crippen molar-refractivity contribution in [3.63, 3.8) is 0 Å². The van der Waals surface area contributed by atoms with Crippen LogP contribution in [0.2, 0.25) is 0 Å². The lowest BCUT2D eigenvalue weighted by molar-refractivity contribution is 0.0523. The van der Waals surface area contributed by atoms with Gasteiger partial charge >= 0.3 is 5.97 Å². The Morgan fingerprint density at radius 3 is 2.62 bits per heavy atom. The molecule has 2 N–H and O–H groups in total. The van der Waals surface area contributed by atoms with Crippen molar-refractivity contribution in [2.45, 2.75) is 38.6 Å². The zero-order chi connectivity index (χ0) is 23.5. The van der Waals surface area contributed by atoms with Gasteiger partial charge in [-0.1, -0.05) is 12.8 Å². The molecule has 3 aromatic rings. The van der Waals surface area contributed by atoms with E-state index in [-0.39, 0.29) is 23.8 Å². The molecule has 1 aliphatic carbocycles. The van der Waals surface area contributed by atoms with Crippen LogP contribution in [0, 0.1) is 0 Å². The van der Waals surface area contributed by atoms with Crippen LogP contribution in [0.1, 0.15) is 49.0 Å². The molecule has 1 saturated carbocycles. The van der Waals surface area contributed by atoms with Crippen molar-refractivity contribution in [2.75, 3.05) is 43.0 Å². The number of rotatable bonds is 6. The Hall–Kier alpha value is -3.46. The van der Waals surface area contributed by atoms with Gasteiger partial charge in [-0.15, -0.1) is 0 Å². The molecule has 5 rings (SSSR count). The quantitative estimate of drug-likeness (QED) is 0.539. The molecule has 178 valence electrons. The molecule has 0 atom stereocenters. The van der Waals surface area contributed by atoms with E-state index in [1.54, 1.807) is 23.8 Å². The number of aromatic nitrogens is 3. The highest BCUT2D eigenvalue weighted by atomic mass is 16.5. The third-order valence-electron chi connectivity index (χ3n) is 6.56. The highest BCUT2D eigenvalue weighted by molar-refractivity contribution is 5.93. The second-order valence-electron chi connectivity index (χ2n) is 8.77. The fourth-order valence-electron chi connectivity index (χ4n) is 4.84. The van der Waals surface area contributed by atoms with Crippen LogP contribution in [0.3, 0.4) is 0 Å². The average molecular weight is 463 g/mol. The van der Waals surface area contributed by atoms with E-state index in [0.717, 1.165) is 57.5 Å². The van der Waals surface area contributed by atoms with E-state index in [4.69, 9.17) is 9.72 Å². The van der Waals surface area contributed by atoms with Gasteiger partial charge < -0.3 is 20.3 Å². The normalized spacial score (nSPS) is 16.7. The van der Waals surface area contributed by atoms with E-state index < -0.39 is 5.97 Å². The summed E-state index contributed by atoms with van der Waals surface area (Å²) in [5.41, 5.74) is 2.29. The number of hydrogen-bond donors (Lipinski definition) is 2. The molecular formula is C25H30N6O3. The summed E-state index contributed by atoms with van der Waals surface area (Å²) in [7, 11) is 0. The first kappa shape index (κ1) is 22.3. The van der Waals surface area contributed by atoms with Gasteiger partial charge in [-0.25, -0.2) is 9.78 Å². The van der Waals surface area contributed by atoms with Gasteiger partial charge in [0, 0.05) is 55.2 Å². The van der Waals surface area contributed by atoms with E-state index in [9.17, 15) is 9.59 Å². The van der Waals surface area contributed by atoms with E-state index in [0.29, 0.717) is 17.0 Å². The van der Waals surface area contributed by atoms with Crippen molar-refractivity contribution in [1.29, 1.82) is 0 Å². The van der Waals surface area contributed by atoms with Crippen LogP contribution in [0.5, 0.6) is 0 Å². The smallest absolute Gasteiger partial charge is 0.343 e. The van der Waals surface area contributed by atoms with Gasteiger partial charge in [0.1, 0.15) is 11.2 Å². The average Bonchev–Trinajstić information content (AvgIpc) is 3.39. The summed E-state index contributed by atoms with van der Waals surface area (Å²) in [4.78, 5) is 37.3. The number of nitrogens with one attached hydrogen (secondary N) is 2. The minimum absolute atomic E-state index is 0.0189. The summed E-state index contributed by atoms with van der Waals surface area (Å²) in [5.74, 6) is -0.189. The minimum atomic E-state index is -0.604.